The van der Waals surface area contributed by atoms with E-state index in [1.54, 1.807) is 18.3 Å². The average Bonchev–Trinajstić information content (AvgIpc) is 3.24. The summed E-state index contributed by atoms with van der Waals surface area (Å²) >= 11 is 7.75. The minimum atomic E-state index is 0.221. The lowest BCUT2D eigenvalue weighted by molar-refractivity contribution is -0.130. The number of nitrogens with zero attached hydrogens (tertiary/aromatic N) is 2. The maximum Gasteiger partial charge on any atom is 0.219 e. The first-order valence-electron chi connectivity index (χ1n) is 8.88. The Labute approximate surface area is 158 Å². The molecule has 132 valence electrons. The standard InChI is InChI=1S/C20H23ClN2OS/c1-14(24)23-12-18(16-7-9-25-13-16)19-11-22(8-6-20(19)23)10-15-2-4-17(21)5-3-15/h2-5,7,9,13,18-20H,6,8,10-12H2,1H3/t18-,19-,20-/m0/s1. The Bertz CT molecular complexity index is 731. The van der Waals surface area contributed by atoms with Crippen molar-refractivity contribution in [2.45, 2.75) is 31.8 Å². The molecule has 1 aromatic carbocycles. The van der Waals surface area contributed by atoms with Crippen molar-refractivity contribution in [3.8, 4) is 0 Å². The van der Waals surface area contributed by atoms with E-state index in [1.807, 2.05) is 12.1 Å². The van der Waals surface area contributed by atoms with Gasteiger partial charge in [-0.3, -0.25) is 9.69 Å². The number of carbonyl (C=O) groups excluding carboxylic acids is 1. The Morgan fingerprint density at radius 3 is 2.72 bits per heavy atom. The lowest BCUT2D eigenvalue weighted by Gasteiger charge is -2.38. The second kappa shape index (κ2) is 7.10. The predicted molar refractivity (Wildman–Crippen MR) is 103 cm³/mol. The molecule has 2 aliphatic heterocycles. The second-order valence-electron chi connectivity index (χ2n) is 7.22. The summed E-state index contributed by atoms with van der Waals surface area (Å²) in [7, 11) is 0. The molecule has 1 aromatic heterocycles. The predicted octanol–water partition coefficient (Wildman–Crippen LogP) is 4.24. The first-order valence-corrected chi connectivity index (χ1v) is 10.2. The normalized spacial score (nSPS) is 26.6. The van der Waals surface area contributed by atoms with Gasteiger partial charge in [0, 0.05) is 56.0 Å². The van der Waals surface area contributed by atoms with Gasteiger partial charge in [-0.15, -0.1) is 0 Å². The number of amides is 1. The number of halogens is 1. The van der Waals surface area contributed by atoms with Crippen LogP contribution in [0.5, 0.6) is 0 Å². The summed E-state index contributed by atoms with van der Waals surface area (Å²) < 4.78 is 0. The van der Waals surface area contributed by atoms with E-state index in [0.29, 0.717) is 17.9 Å². The van der Waals surface area contributed by atoms with Crippen molar-refractivity contribution in [3.63, 3.8) is 0 Å². The molecule has 0 saturated carbocycles. The largest absolute Gasteiger partial charge is 0.339 e. The molecule has 0 bridgehead atoms. The monoisotopic (exact) mass is 374 g/mol. The Hall–Kier alpha value is -1.36. The zero-order valence-electron chi connectivity index (χ0n) is 14.4. The molecular weight excluding hydrogens is 352 g/mol. The Morgan fingerprint density at radius 2 is 2.04 bits per heavy atom. The van der Waals surface area contributed by atoms with Crippen LogP contribution >= 0.6 is 22.9 Å². The van der Waals surface area contributed by atoms with Gasteiger partial charge in [-0.25, -0.2) is 0 Å². The van der Waals surface area contributed by atoms with Gasteiger partial charge in [-0.05, 0) is 46.5 Å². The van der Waals surface area contributed by atoms with Crippen molar-refractivity contribution < 1.29 is 4.79 Å². The van der Waals surface area contributed by atoms with Crippen LogP contribution in [0.1, 0.15) is 30.4 Å². The molecule has 0 N–H and O–H groups in total. The topological polar surface area (TPSA) is 23.6 Å². The van der Waals surface area contributed by atoms with Gasteiger partial charge >= 0.3 is 0 Å². The highest BCUT2D eigenvalue weighted by Crippen LogP contribution is 2.42. The van der Waals surface area contributed by atoms with Crippen molar-refractivity contribution >= 4 is 28.8 Å². The highest BCUT2D eigenvalue weighted by atomic mass is 35.5. The van der Waals surface area contributed by atoms with E-state index in [4.69, 9.17) is 11.6 Å². The second-order valence-corrected chi connectivity index (χ2v) is 8.43. The molecule has 0 unspecified atom stereocenters. The number of hydrogen-bond donors (Lipinski definition) is 0. The maximum atomic E-state index is 12.1. The summed E-state index contributed by atoms with van der Waals surface area (Å²) in [6, 6.07) is 10.8. The molecular formula is C20H23ClN2OS. The fraction of sp³-hybridized carbons (Fsp3) is 0.450. The molecule has 25 heavy (non-hydrogen) atoms. The maximum absolute atomic E-state index is 12.1. The fourth-order valence-corrected chi connectivity index (χ4v) is 5.35. The van der Waals surface area contributed by atoms with Crippen LogP contribution in [0.4, 0.5) is 0 Å². The lowest BCUT2D eigenvalue weighted by Crippen LogP contribution is -2.47. The van der Waals surface area contributed by atoms with E-state index in [1.165, 1.54) is 11.1 Å². The SMILES string of the molecule is CC(=O)N1C[C@@H](c2ccsc2)[C@@H]2CN(Cc3ccc(Cl)cc3)CC[C@@H]21. The van der Waals surface area contributed by atoms with E-state index in [2.05, 4.69) is 38.8 Å². The number of thiophene rings is 1. The molecule has 0 radical (unpaired) electrons. The summed E-state index contributed by atoms with van der Waals surface area (Å²) in [5.74, 6) is 1.21. The third-order valence-corrected chi connectivity index (χ3v) is 6.66. The Morgan fingerprint density at radius 1 is 1.24 bits per heavy atom. The molecule has 2 aromatic rings. The Kier molecular flexibility index (Phi) is 4.85. The number of piperidine rings is 1. The number of rotatable bonds is 3. The summed E-state index contributed by atoms with van der Waals surface area (Å²) in [5, 5.41) is 5.19. The quantitative estimate of drug-likeness (QED) is 0.802. The van der Waals surface area contributed by atoms with Gasteiger partial charge in [0.25, 0.3) is 0 Å². The van der Waals surface area contributed by atoms with Crippen LogP contribution < -0.4 is 0 Å². The van der Waals surface area contributed by atoms with Crippen LogP contribution in [-0.2, 0) is 11.3 Å². The van der Waals surface area contributed by atoms with Crippen LogP contribution in [0.3, 0.4) is 0 Å². The van der Waals surface area contributed by atoms with Crippen molar-refractivity contribution in [1.29, 1.82) is 0 Å². The molecule has 0 aliphatic carbocycles. The van der Waals surface area contributed by atoms with E-state index in [9.17, 15) is 4.79 Å². The summed E-state index contributed by atoms with van der Waals surface area (Å²) in [5.41, 5.74) is 2.70. The van der Waals surface area contributed by atoms with E-state index >= 15 is 0 Å². The molecule has 2 aliphatic rings. The van der Waals surface area contributed by atoms with Gasteiger partial charge in [0.1, 0.15) is 0 Å². The molecule has 2 fully saturated rings. The minimum Gasteiger partial charge on any atom is -0.339 e. The molecule has 3 atom stereocenters. The Balaban J connectivity index is 1.52. The summed E-state index contributed by atoms with van der Waals surface area (Å²) in [4.78, 5) is 16.8. The van der Waals surface area contributed by atoms with Gasteiger partial charge in [-0.1, -0.05) is 23.7 Å². The third kappa shape index (κ3) is 3.48. The van der Waals surface area contributed by atoms with Crippen LogP contribution in [0, 0.1) is 5.92 Å². The van der Waals surface area contributed by atoms with Crippen molar-refractivity contribution in [3.05, 3.63) is 57.2 Å². The molecule has 3 heterocycles. The van der Waals surface area contributed by atoms with Gasteiger partial charge in [0.15, 0.2) is 0 Å². The number of hydrogen-bond acceptors (Lipinski definition) is 3. The minimum absolute atomic E-state index is 0.221. The summed E-state index contributed by atoms with van der Waals surface area (Å²) in [6.45, 7) is 5.64. The molecule has 4 rings (SSSR count). The van der Waals surface area contributed by atoms with Crippen molar-refractivity contribution in [1.82, 2.24) is 9.80 Å². The van der Waals surface area contributed by atoms with Gasteiger partial charge in [0.2, 0.25) is 5.91 Å². The third-order valence-electron chi connectivity index (χ3n) is 5.71. The molecule has 3 nitrogen and oxygen atoms in total. The lowest BCUT2D eigenvalue weighted by atomic mass is 9.82. The number of likely N-dealkylation sites (tertiary alicyclic amines) is 2. The number of benzene rings is 1. The van der Waals surface area contributed by atoms with Gasteiger partial charge in [0.05, 0.1) is 0 Å². The molecule has 5 heteroatoms. The van der Waals surface area contributed by atoms with E-state index in [0.717, 1.165) is 37.6 Å². The zero-order valence-corrected chi connectivity index (χ0v) is 16.0. The highest BCUT2D eigenvalue weighted by Gasteiger charge is 2.46. The molecule has 2 saturated heterocycles. The van der Waals surface area contributed by atoms with Crippen molar-refractivity contribution in [2.24, 2.45) is 5.92 Å². The smallest absolute Gasteiger partial charge is 0.219 e. The van der Waals surface area contributed by atoms with Crippen LogP contribution in [-0.4, -0.2) is 41.4 Å². The van der Waals surface area contributed by atoms with E-state index < -0.39 is 0 Å². The average molecular weight is 375 g/mol. The van der Waals surface area contributed by atoms with E-state index in [-0.39, 0.29) is 5.91 Å². The highest BCUT2D eigenvalue weighted by molar-refractivity contribution is 7.08. The fourth-order valence-electron chi connectivity index (χ4n) is 4.50. The van der Waals surface area contributed by atoms with Crippen LogP contribution in [0.15, 0.2) is 41.1 Å². The van der Waals surface area contributed by atoms with Crippen LogP contribution in [0.2, 0.25) is 5.02 Å². The van der Waals surface area contributed by atoms with Gasteiger partial charge in [-0.2, -0.15) is 11.3 Å². The molecule has 0 spiro atoms. The number of fused-ring (bicyclic) bond motifs is 1. The summed E-state index contributed by atoms with van der Waals surface area (Å²) in [6.07, 6.45) is 1.07. The zero-order chi connectivity index (χ0) is 17.4. The first-order chi connectivity index (χ1) is 12.1. The molecule has 1 amide bonds. The van der Waals surface area contributed by atoms with Crippen LogP contribution in [0.25, 0.3) is 0 Å². The van der Waals surface area contributed by atoms with Gasteiger partial charge < -0.3 is 4.90 Å². The first kappa shape index (κ1) is 17.1. The number of carbonyl (C=O) groups is 1. The van der Waals surface area contributed by atoms with Crippen molar-refractivity contribution in [2.75, 3.05) is 19.6 Å².